The summed E-state index contributed by atoms with van der Waals surface area (Å²) in [5, 5.41) is 0. The van der Waals surface area contributed by atoms with E-state index in [1.165, 1.54) is 5.57 Å². The Morgan fingerprint density at radius 3 is 2.59 bits per heavy atom. The molecule has 0 fully saturated rings. The summed E-state index contributed by atoms with van der Waals surface area (Å²) in [6.45, 7) is 16.1. The first-order valence-electron chi connectivity index (χ1n) is 8.13. The van der Waals surface area contributed by atoms with E-state index in [0.717, 1.165) is 36.0 Å². The molecule has 0 unspecified atom stereocenters. The quantitative estimate of drug-likeness (QED) is 0.334. The summed E-state index contributed by atoms with van der Waals surface area (Å²) >= 11 is 0. The van der Waals surface area contributed by atoms with E-state index in [-0.39, 0.29) is 5.83 Å². The van der Waals surface area contributed by atoms with Crippen LogP contribution in [0.25, 0.3) is 0 Å². The summed E-state index contributed by atoms with van der Waals surface area (Å²) in [5.41, 5.74) is 5.08. The fourth-order valence-electron chi connectivity index (χ4n) is 2.59. The third kappa shape index (κ3) is 5.29. The largest absolute Gasteiger partial charge is 0.207 e. The van der Waals surface area contributed by atoms with E-state index in [9.17, 15) is 4.39 Å². The Balaban J connectivity index is 2.94. The molecule has 0 amide bonds. The van der Waals surface area contributed by atoms with E-state index >= 15 is 0 Å². The first-order chi connectivity index (χ1) is 10.4. The highest BCUT2D eigenvalue weighted by atomic mass is 19.1. The highest BCUT2D eigenvalue weighted by molar-refractivity contribution is 5.54. The predicted molar refractivity (Wildman–Crippen MR) is 96.4 cm³/mol. The van der Waals surface area contributed by atoms with Crippen molar-refractivity contribution in [1.82, 2.24) is 0 Å². The molecular formula is C21H29F. The lowest BCUT2D eigenvalue weighted by Crippen LogP contribution is -1.96. The number of rotatable bonds is 8. The maximum Gasteiger partial charge on any atom is 0.127 e. The molecule has 0 bridgehead atoms. The van der Waals surface area contributed by atoms with Gasteiger partial charge in [0.15, 0.2) is 0 Å². The van der Waals surface area contributed by atoms with Gasteiger partial charge in [0.25, 0.3) is 0 Å². The smallest absolute Gasteiger partial charge is 0.127 e. The van der Waals surface area contributed by atoms with Gasteiger partial charge in [-0.15, -0.1) is 0 Å². The number of halogens is 1. The van der Waals surface area contributed by atoms with Crippen LogP contribution in [0.2, 0.25) is 0 Å². The van der Waals surface area contributed by atoms with Gasteiger partial charge in [0.05, 0.1) is 0 Å². The van der Waals surface area contributed by atoms with Crippen molar-refractivity contribution >= 4 is 0 Å². The van der Waals surface area contributed by atoms with Gasteiger partial charge in [-0.05, 0) is 55.7 Å². The zero-order chi connectivity index (χ0) is 16.7. The van der Waals surface area contributed by atoms with E-state index in [2.05, 4.69) is 39.2 Å². The second kappa shape index (κ2) is 8.73. The minimum Gasteiger partial charge on any atom is -0.207 e. The van der Waals surface area contributed by atoms with Crippen LogP contribution in [0.15, 0.2) is 71.2 Å². The molecule has 1 heteroatoms. The summed E-state index contributed by atoms with van der Waals surface area (Å²) in [6, 6.07) is 0. The molecule has 0 radical (unpaired) electrons. The summed E-state index contributed by atoms with van der Waals surface area (Å²) in [7, 11) is 0. The SMILES string of the molecule is C=C/C(C)=C(C1=CC=C(CC(C)C)C1)\C(F)=C/CC(=C)CC. The van der Waals surface area contributed by atoms with Crippen molar-refractivity contribution in [3.8, 4) is 0 Å². The Hall–Kier alpha value is -1.63. The Bertz CT molecular complexity index is 550. The molecule has 0 saturated carbocycles. The Morgan fingerprint density at radius 1 is 1.36 bits per heavy atom. The Morgan fingerprint density at radius 2 is 2.05 bits per heavy atom. The van der Waals surface area contributed by atoms with Crippen LogP contribution in [0, 0.1) is 5.92 Å². The molecule has 0 aromatic carbocycles. The van der Waals surface area contributed by atoms with Crippen LogP contribution in [0.3, 0.4) is 0 Å². The molecule has 0 atom stereocenters. The van der Waals surface area contributed by atoms with E-state index in [1.807, 2.05) is 13.8 Å². The van der Waals surface area contributed by atoms with Crippen LogP contribution in [0.4, 0.5) is 4.39 Å². The van der Waals surface area contributed by atoms with Crippen LogP contribution in [-0.4, -0.2) is 0 Å². The number of hydrogen-bond donors (Lipinski definition) is 0. The third-order valence-electron chi connectivity index (χ3n) is 3.94. The summed E-state index contributed by atoms with van der Waals surface area (Å²) < 4.78 is 14.7. The molecule has 1 rings (SSSR count). The minimum absolute atomic E-state index is 0.155. The molecule has 0 nitrogen and oxygen atoms in total. The fourth-order valence-corrected chi connectivity index (χ4v) is 2.59. The van der Waals surface area contributed by atoms with Gasteiger partial charge in [0.2, 0.25) is 0 Å². The van der Waals surface area contributed by atoms with Crippen molar-refractivity contribution in [2.24, 2.45) is 5.92 Å². The monoisotopic (exact) mass is 300 g/mol. The zero-order valence-electron chi connectivity index (χ0n) is 14.5. The lowest BCUT2D eigenvalue weighted by molar-refractivity contribution is 0.630. The van der Waals surface area contributed by atoms with Crippen LogP contribution in [-0.2, 0) is 0 Å². The van der Waals surface area contributed by atoms with Crippen molar-refractivity contribution in [2.75, 3.05) is 0 Å². The molecule has 0 N–H and O–H groups in total. The topological polar surface area (TPSA) is 0 Å². The second-order valence-corrected chi connectivity index (χ2v) is 6.41. The van der Waals surface area contributed by atoms with Crippen molar-refractivity contribution < 1.29 is 4.39 Å². The average molecular weight is 300 g/mol. The fraction of sp³-hybridized carbons (Fsp3) is 0.429. The van der Waals surface area contributed by atoms with E-state index in [0.29, 0.717) is 17.9 Å². The maximum atomic E-state index is 14.7. The Kier molecular flexibility index (Phi) is 7.31. The first kappa shape index (κ1) is 18.4. The number of allylic oxidation sites excluding steroid dienone is 10. The molecule has 1 aliphatic rings. The maximum absolute atomic E-state index is 14.7. The molecule has 120 valence electrons. The summed E-state index contributed by atoms with van der Waals surface area (Å²) in [4.78, 5) is 0. The second-order valence-electron chi connectivity index (χ2n) is 6.41. The molecule has 0 aromatic heterocycles. The molecule has 1 aliphatic carbocycles. The molecule has 0 aromatic rings. The van der Waals surface area contributed by atoms with E-state index in [4.69, 9.17) is 0 Å². The number of hydrogen-bond acceptors (Lipinski definition) is 0. The van der Waals surface area contributed by atoms with Gasteiger partial charge in [-0.2, -0.15) is 0 Å². The van der Waals surface area contributed by atoms with Gasteiger partial charge in [-0.25, -0.2) is 4.39 Å². The molecule has 0 heterocycles. The highest BCUT2D eigenvalue weighted by Crippen LogP contribution is 2.35. The van der Waals surface area contributed by atoms with Crippen molar-refractivity contribution in [1.29, 1.82) is 0 Å². The molecule has 0 spiro atoms. The van der Waals surface area contributed by atoms with Crippen molar-refractivity contribution in [3.63, 3.8) is 0 Å². The van der Waals surface area contributed by atoms with Crippen LogP contribution in [0.1, 0.15) is 53.4 Å². The third-order valence-corrected chi connectivity index (χ3v) is 3.94. The zero-order valence-corrected chi connectivity index (χ0v) is 14.5. The normalized spacial score (nSPS) is 16.4. The highest BCUT2D eigenvalue weighted by Gasteiger charge is 2.18. The average Bonchev–Trinajstić information content (AvgIpc) is 2.91. The van der Waals surface area contributed by atoms with Crippen LogP contribution in [0.5, 0.6) is 0 Å². The Labute approximate surface area is 135 Å². The molecular weight excluding hydrogens is 271 g/mol. The van der Waals surface area contributed by atoms with Gasteiger partial charge in [0, 0.05) is 5.57 Å². The van der Waals surface area contributed by atoms with Gasteiger partial charge in [-0.3, -0.25) is 0 Å². The molecule has 0 aliphatic heterocycles. The lowest BCUT2D eigenvalue weighted by Gasteiger charge is -2.13. The summed E-state index contributed by atoms with van der Waals surface area (Å²) in [5.74, 6) is 0.470. The van der Waals surface area contributed by atoms with Gasteiger partial charge in [0.1, 0.15) is 5.83 Å². The van der Waals surface area contributed by atoms with Crippen molar-refractivity contribution in [3.05, 3.63) is 71.2 Å². The van der Waals surface area contributed by atoms with Gasteiger partial charge >= 0.3 is 0 Å². The van der Waals surface area contributed by atoms with Gasteiger partial charge < -0.3 is 0 Å². The standard InChI is InChI=1S/C21H29F/c1-7-16(5)9-12-20(22)21(17(6)8-2)19-11-10-18(14-19)13-15(3)4/h8,10-12,15H,2,5,7,9,13-14H2,1,3-4,6H3/b20-12+,21-17-. The van der Waals surface area contributed by atoms with E-state index in [1.54, 1.807) is 12.2 Å². The predicted octanol–water partition coefficient (Wildman–Crippen LogP) is 7.00. The van der Waals surface area contributed by atoms with Gasteiger partial charge in [-0.1, -0.05) is 63.3 Å². The minimum atomic E-state index is -0.155. The van der Waals surface area contributed by atoms with E-state index < -0.39 is 0 Å². The molecule has 22 heavy (non-hydrogen) atoms. The lowest BCUT2D eigenvalue weighted by atomic mass is 9.93. The van der Waals surface area contributed by atoms with Crippen LogP contribution < -0.4 is 0 Å². The first-order valence-corrected chi connectivity index (χ1v) is 8.13. The van der Waals surface area contributed by atoms with Crippen LogP contribution >= 0.6 is 0 Å². The molecule has 0 saturated heterocycles. The van der Waals surface area contributed by atoms with Crippen molar-refractivity contribution in [2.45, 2.75) is 53.4 Å². The summed E-state index contributed by atoms with van der Waals surface area (Å²) in [6.07, 6.45) is 11.0.